The van der Waals surface area contributed by atoms with Gasteiger partial charge in [0.1, 0.15) is 0 Å². The molecule has 0 aromatic rings. The van der Waals surface area contributed by atoms with Crippen LogP contribution >= 0.6 is 0 Å². The Morgan fingerprint density at radius 3 is 2.38 bits per heavy atom. The molecule has 0 aromatic heterocycles. The van der Waals surface area contributed by atoms with Crippen LogP contribution in [-0.4, -0.2) is 67.3 Å². The van der Waals surface area contributed by atoms with Crippen molar-refractivity contribution in [2.75, 3.05) is 33.2 Å². The molecule has 3 unspecified atom stereocenters. The highest BCUT2D eigenvalue weighted by atomic mass is 19.4. The minimum Gasteiger partial charge on any atom is -0.314 e. The van der Waals surface area contributed by atoms with E-state index in [1.54, 1.807) is 4.90 Å². The van der Waals surface area contributed by atoms with Crippen LogP contribution in [0.2, 0.25) is 0 Å². The zero-order chi connectivity index (χ0) is 15.0. The van der Waals surface area contributed by atoms with E-state index >= 15 is 0 Å². The molecule has 0 radical (unpaired) electrons. The summed E-state index contributed by atoms with van der Waals surface area (Å²) in [6, 6.07) is 1.99. The van der Waals surface area contributed by atoms with E-state index in [0.717, 1.165) is 13.0 Å². The van der Waals surface area contributed by atoms with Crippen LogP contribution in [0, 0.1) is 5.92 Å². The molecular weight excluding hydrogens is 279 g/mol. The highest BCUT2D eigenvalue weighted by molar-refractivity contribution is 4.96. The van der Waals surface area contributed by atoms with E-state index in [2.05, 4.69) is 17.3 Å². The number of hydrogen-bond acceptors (Lipinski definition) is 3. The molecule has 2 bridgehead atoms. The van der Waals surface area contributed by atoms with Gasteiger partial charge in [0, 0.05) is 24.7 Å². The van der Waals surface area contributed by atoms with Gasteiger partial charge in [-0.2, -0.15) is 13.2 Å². The Morgan fingerprint density at radius 2 is 1.76 bits per heavy atom. The van der Waals surface area contributed by atoms with Crippen LogP contribution in [0.4, 0.5) is 13.2 Å². The van der Waals surface area contributed by atoms with Gasteiger partial charge in [0.05, 0.1) is 6.54 Å². The fraction of sp³-hybridized carbons (Fsp3) is 1.00. The van der Waals surface area contributed by atoms with Crippen molar-refractivity contribution in [3.8, 4) is 0 Å². The normalized spacial score (nSPS) is 38.3. The number of hydrogen-bond donors (Lipinski definition) is 1. The van der Waals surface area contributed by atoms with Gasteiger partial charge in [-0.15, -0.1) is 0 Å². The van der Waals surface area contributed by atoms with Crippen molar-refractivity contribution in [2.24, 2.45) is 5.92 Å². The summed E-state index contributed by atoms with van der Waals surface area (Å²) in [5.41, 5.74) is 0. The molecule has 0 aliphatic carbocycles. The maximum atomic E-state index is 12.4. The molecule has 1 N–H and O–H groups in total. The van der Waals surface area contributed by atoms with Gasteiger partial charge in [-0.3, -0.25) is 4.90 Å². The third-order valence-electron chi connectivity index (χ3n) is 5.57. The minimum absolute atomic E-state index is 0.379. The zero-order valence-electron chi connectivity index (χ0n) is 12.7. The lowest BCUT2D eigenvalue weighted by atomic mass is 9.97. The van der Waals surface area contributed by atoms with E-state index in [9.17, 15) is 13.2 Å². The molecule has 0 aromatic carbocycles. The van der Waals surface area contributed by atoms with Crippen LogP contribution in [0.3, 0.4) is 0 Å². The van der Waals surface area contributed by atoms with Crippen LogP contribution in [0.5, 0.6) is 0 Å². The second-order valence-corrected chi connectivity index (χ2v) is 7.13. The van der Waals surface area contributed by atoms with Crippen molar-refractivity contribution in [3.63, 3.8) is 0 Å². The lowest BCUT2D eigenvalue weighted by Gasteiger charge is -2.37. The van der Waals surface area contributed by atoms with Gasteiger partial charge in [-0.25, -0.2) is 0 Å². The summed E-state index contributed by atoms with van der Waals surface area (Å²) in [6.45, 7) is 1.31. The summed E-state index contributed by atoms with van der Waals surface area (Å²) >= 11 is 0. The first kappa shape index (κ1) is 15.6. The van der Waals surface area contributed by atoms with Crippen LogP contribution in [-0.2, 0) is 0 Å². The second kappa shape index (κ2) is 6.05. The Balaban J connectivity index is 1.39. The fourth-order valence-corrected chi connectivity index (χ4v) is 4.39. The van der Waals surface area contributed by atoms with E-state index in [1.165, 1.54) is 25.7 Å². The smallest absolute Gasteiger partial charge is 0.314 e. The third-order valence-corrected chi connectivity index (χ3v) is 5.57. The molecular formula is C15H26F3N3. The molecule has 3 atom stereocenters. The molecule has 3 heterocycles. The molecule has 6 heteroatoms. The zero-order valence-corrected chi connectivity index (χ0v) is 12.7. The standard InChI is InChI=1S/C15H26F3N3/c1-20-13-2-3-14(20)7-12(6-13)19-8-11-4-5-21(9-11)10-15(16,17)18/h11-14,19H,2-10H2,1H3. The van der Waals surface area contributed by atoms with Crippen LogP contribution < -0.4 is 5.32 Å². The number of alkyl halides is 3. The Morgan fingerprint density at radius 1 is 1.10 bits per heavy atom. The highest BCUT2D eigenvalue weighted by Gasteiger charge is 2.39. The molecule has 0 spiro atoms. The molecule has 21 heavy (non-hydrogen) atoms. The maximum Gasteiger partial charge on any atom is 0.401 e. The predicted molar refractivity (Wildman–Crippen MR) is 76.2 cm³/mol. The number of fused-ring (bicyclic) bond motifs is 2. The number of halogens is 3. The summed E-state index contributed by atoms with van der Waals surface area (Å²) in [4.78, 5) is 4.06. The Hall–Kier alpha value is -0.330. The molecule has 122 valence electrons. The summed E-state index contributed by atoms with van der Waals surface area (Å²) in [7, 11) is 2.23. The lowest BCUT2D eigenvalue weighted by Crippen LogP contribution is -2.48. The SMILES string of the molecule is CN1C2CCC1CC(NCC1CCN(CC(F)(F)F)C1)C2. The monoisotopic (exact) mass is 305 g/mol. The fourth-order valence-electron chi connectivity index (χ4n) is 4.39. The van der Waals surface area contributed by atoms with Gasteiger partial charge < -0.3 is 10.2 Å². The summed E-state index contributed by atoms with van der Waals surface area (Å²) in [6.07, 6.45) is 1.85. The number of likely N-dealkylation sites (tertiary alicyclic amines) is 1. The molecule has 3 nitrogen and oxygen atoms in total. The summed E-state index contributed by atoms with van der Waals surface area (Å²) < 4.78 is 37.1. The number of piperidine rings is 1. The summed E-state index contributed by atoms with van der Waals surface area (Å²) in [5, 5.41) is 3.63. The molecule has 3 aliphatic heterocycles. The molecule has 0 saturated carbocycles. The van der Waals surface area contributed by atoms with Crippen molar-refractivity contribution < 1.29 is 13.2 Å². The van der Waals surface area contributed by atoms with Crippen LogP contribution in [0.15, 0.2) is 0 Å². The Labute approximate surface area is 124 Å². The van der Waals surface area contributed by atoms with Gasteiger partial charge in [-0.1, -0.05) is 0 Å². The molecule has 3 rings (SSSR count). The van der Waals surface area contributed by atoms with E-state index < -0.39 is 12.7 Å². The van der Waals surface area contributed by atoms with Gasteiger partial charge in [-0.05, 0) is 58.2 Å². The molecule has 3 saturated heterocycles. The van der Waals surface area contributed by atoms with Gasteiger partial charge >= 0.3 is 6.18 Å². The first-order chi connectivity index (χ1) is 9.90. The quantitative estimate of drug-likeness (QED) is 0.858. The average molecular weight is 305 g/mol. The van der Waals surface area contributed by atoms with Crippen molar-refractivity contribution in [2.45, 2.75) is 56.4 Å². The molecule has 3 fully saturated rings. The average Bonchev–Trinajstić information content (AvgIpc) is 2.87. The number of nitrogens with one attached hydrogen (secondary N) is 1. The van der Waals surface area contributed by atoms with Crippen molar-refractivity contribution in [3.05, 3.63) is 0 Å². The van der Waals surface area contributed by atoms with E-state index in [1.807, 2.05) is 0 Å². The highest BCUT2D eigenvalue weighted by Crippen LogP contribution is 2.34. The molecule has 3 aliphatic rings. The van der Waals surface area contributed by atoms with E-state index in [0.29, 0.717) is 37.1 Å². The first-order valence-electron chi connectivity index (χ1n) is 8.15. The second-order valence-electron chi connectivity index (χ2n) is 7.13. The van der Waals surface area contributed by atoms with Crippen molar-refractivity contribution in [1.82, 2.24) is 15.1 Å². The van der Waals surface area contributed by atoms with Crippen molar-refractivity contribution >= 4 is 0 Å². The molecule has 0 amide bonds. The minimum atomic E-state index is -4.06. The Kier molecular flexibility index (Phi) is 4.48. The Bertz CT molecular complexity index is 347. The van der Waals surface area contributed by atoms with Gasteiger partial charge in [0.15, 0.2) is 0 Å². The lowest BCUT2D eigenvalue weighted by molar-refractivity contribution is -0.143. The van der Waals surface area contributed by atoms with E-state index in [-0.39, 0.29) is 0 Å². The van der Waals surface area contributed by atoms with Crippen LogP contribution in [0.1, 0.15) is 32.1 Å². The number of nitrogens with zero attached hydrogens (tertiary/aromatic N) is 2. The number of rotatable bonds is 4. The van der Waals surface area contributed by atoms with E-state index in [4.69, 9.17) is 0 Å². The first-order valence-corrected chi connectivity index (χ1v) is 8.15. The van der Waals surface area contributed by atoms with Gasteiger partial charge in [0.2, 0.25) is 0 Å². The van der Waals surface area contributed by atoms with Crippen molar-refractivity contribution in [1.29, 1.82) is 0 Å². The van der Waals surface area contributed by atoms with Gasteiger partial charge in [0.25, 0.3) is 0 Å². The van der Waals surface area contributed by atoms with Crippen LogP contribution in [0.25, 0.3) is 0 Å². The predicted octanol–water partition coefficient (Wildman–Crippen LogP) is 2.09. The third kappa shape index (κ3) is 3.90. The topological polar surface area (TPSA) is 18.5 Å². The maximum absolute atomic E-state index is 12.4. The largest absolute Gasteiger partial charge is 0.401 e. The summed E-state index contributed by atoms with van der Waals surface area (Å²) in [5.74, 6) is 0.379.